The van der Waals surface area contributed by atoms with Crippen LogP contribution in [0, 0.1) is 18.8 Å². The molecule has 2 aliphatic heterocycles. The molecule has 0 saturated carbocycles. The molecule has 3 atom stereocenters. The molecule has 2 N–H and O–H groups in total. The zero-order chi connectivity index (χ0) is 20.0. The van der Waals surface area contributed by atoms with E-state index in [0.29, 0.717) is 19.6 Å². The van der Waals surface area contributed by atoms with Crippen molar-refractivity contribution >= 4 is 11.8 Å². The summed E-state index contributed by atoms with van der Waals surface area (Å²) in [6.07, 6.45) is 0. The Morgan fingerprint density at radius 3 is 2.29 bits per heavy atom. The Hall–Kier alpha value is -3.02. The standard InChI is InChI=1S/C22H24N2O4/c1-13-6-3-4-7-16(13)21-17-12-23(10-15(17)11-24(21)14(2)25)22(28)20-18(26)8-5-9-19(20)27/h3-9,15,17,21,26-27H,10-12H2,1-2H3/t15-,17-,21+/m1/s1. The third-order valence-corrected chi connectivity index (χ3v) is 6.10. The molecule has 6 nitrogen and oxygen atoms in total. The van der Waals surface area contributed by atoms with E-state index in [-0.39, 0.29) is 46.8 Å². The van der Waals surface area contributed by atoms with Crippen LogP contribution in [0.2, 0.25) is 0 Å². The van der Waals surface area contributed by atoms with Crippen LogP contribution < -0.4 is 0 Å². The molecule has 0 aromatic heterocycles. The van der Waals surface area contributed by atoms with Crippen LogP contribution in [0.15, 0.2) is 42.5 Å². The lowest BCUT2D eigenvalue weighted by Crippen LogP contribution is -2.36. The van der Waals surface area contributed by atoms with E-state index in [0.717, 1.165) is 11.1 Å². The zero-order valence-electron chi connectivity index (χ0n) is 16.0. The highest BCUT2D eigenvalue weighted by Crippen LogP contribution is 2.46. The quantitative estimate of drug-likeness (QED) is 0.839. The van der Waals surface area contributed by atoms with Gasteiger partial charge in [-0.3, -0.25) is 9.59 Å². The topological polar surface area (TPSA) is 81.1 Å². The second-order valence-electron chi connectivity index (χ2n) is 7.78. The summed E-state index contributed by atoms with van der Waals surface area (Å²) >= 11 is 0. The van der Waals surface area contributed by atoms with Crippen LogP contribution in [-0.2, 0) is 4.79 Å². The Kier molecular flexibility index (Phi) is 4.49. The maximum Gasteiger partial charge on any atom is 0.261 e. The summed E-state index contributed by atoms with van der Waals surface area (Å²) in [5.74, 6) is -0.472. The number of aromatic hydroxyl groups is 2. The molecule has 2 heterocycles. The molecular weight excluding hydrogens is 356 g/mol. The van der Waals surface area contributed by atoms with Crippen LogP contribution in [0.1, 0.15) is 34.5 Å². The third-order valence-electron chi connectivity index (χ3n) is 6.10. The summed E-state index contributed by atoms with van der Waals surface area (Å²) in [6.45, 7) is 5.23. The number of hydrogen-bond donors (Lipinski definition) is 2. The van der Waals surface area contributed by atoms with Crippen LogP contribution in [0.3, 0.4) is 0 Å². The zero-order valence-corrected chi connectivity index (χ0v) is 16.0. The average Bonchev–Trinajstić information content (AvgIpc) is 3.20. The van der Waals surface area contributed by atoms with Gasteiger partial charge in [0.15, 0.2) is 0 Å². The summed E-state index contributed by atoms with van der Waals surface area (Å²) < 4.78 is 0. The molecule has 146 valence electrons. The number of rotatable bonds is 2. The second kappa shape index (κ2) is 6.86. The Bertz CT molecular complexity index is 922. The van der Waals surface area contributed by atoms with Crippen molar-refractivity contribution in [2.24, 2.45) is 11.8 Å². The maximum atomic E-state index is 13.0. The summed E-state index contributed by atoms with van der Waals surface area (Å²) in [4.78, 5) is 28.8. The van der Waals surface area contributed by atoms with E-state index in [9.17, 15) is 19.8 Å². The summed E-state index contributed by atoms with van der Waals surface area (Å²) in [6, 6.07) is 12.3. The lowest BCUT2D eigenvalue weighted by Gasteiger charge is -2.30. The molecule has 2 aliphatic rings. The van der Waals surface area contributed by atoms with Gasteiger partial charge in [-0.1, -0.05) is 30.3 Å². The number of hydrogen-bond acceptors (Lipinski definition) is 4. The van der Waals surface area contributed by atoms with E-state index in [1.807, 2.05) is 30.0 Å². The molecule has 2 aromatic rings. The van der Waals surface area contributed by atoms with Crippen molar-refractivity contribution in [2.45, 2.75) is 19.9 Å². The third kappa shape index (κ3) is 2.89. The van der Waals surface area contributed by atoms with E-state index >= 15 is 0 Å². The minimum atomic E-state index is -0.372. The number of aryl methyl sites for hydroxylation is 1. The molecule has 2 saturated heterocycles. The molecule has 6 heteroatoms. The van der Waals surface area contributed by atoms with Gasteiger partial charge in [0.1, 0.15) is 17.1 Å². The Morgan fingerprint density at radius 1 is 0.964 bits per heavy atom. The summed E-state index contributed by atoms with van der Waals surface area (Å²) in [5, 5.41) is 20.1. The maximum absolute atomic E-state index is 13.0. The molecule has 0 unspecified atom stereocenters. The van der Waals surface area contributed by atoms with Gasteiger partial charge < -0.3 is 20.0 Å². The minimum Gasteiger partial charge on any atom is -0.507 e. The predicted octanol–water partition coefficient (Wildman–Crippen LogP) is 2.70. The van der Waals surface area contributed by atoms with Gasteiger partial charge in [-0.15, -0.1) is 0 Å². The van der Waals surface area contributed by atoms with E-state index in [4.69, 9.17) is 0 Å². The molecule has 0 aliphatic carbocycles. The fourth-order valence-electron chi connectivity index (χ4n) is 4.76. The van der Waals surface area contributed by atoms with Gasteiger partial charge in [0.25, 0.3) is 5.91 Å². The number of nitrogens with zero attached hydrogens (tertiary/aromatic N) is 2. The van der Waals surface area contributed by atoms with Crippen molar-refractivity contribution in [2.75, 3.05) is 19.6 Å². The minimum absolute atomic E-state index is 0.0406. The van der Waals surface area contributed by atoms with Gasteiger partial charge in [0, 0.05) is 38.4 Å². The number of phenolic OH excluding ortho intramolecular Hbond substituents is 2. The van der Waals surface area contributed by atoms with Crippen LogP contribution >= 0.6 is 0 Å². The number of carbonyl (C=O) groups is 2. The Morgan fingerprint density at radius 2 is 1.64 bits per heavy atom. The lowest BCUT2D eigenvalue weighted by atomic mass is 9.87. The van der Waals surface area contributed by atoms with Crippen molar-refractivity contribution in [3.8, 4) is 11.5 Å². The van der Waals surface area contributed by atoms with Crippen molar-refractivity contribution in [1.82, 2.24) is 9.80 Å². The predicted molar refractivity (Wildman–Crippen MR) is 104 cm³/mol. The monoisotopic (exact) mass is 380 g/mol. The van der Waals surface area contributed by atoms with Gasteiger partial charge in [-0.25, -0.2) is 0 Å². The van der Waals surface area contributed by atoms with Crippen LogP contribution in [-0.4, -0.2) is 51.5 Å². The number of benzene rings is 2. The van der Waals surface area contributed by atoms with Gasteiger partial charge in [-0.05, 0) is 30.2 Å². The van der Waals surface area contributed by atoms with Crippen molar-refractivity contribution in [1.29, 1.82) is 0 Å². The number of likely N-dealkylation sites (tertiary alicyclic amines) is 2. The number of phenols is 2. The molecule has 2 amide bonds. The Labute approximate surface area is 164 Å². The van der Waals surface area contributed by atoms with Crippen LogP contribution in [0.25, 0.3) is 0 Å². The van der Waals surface area contributed by atoms with Gasteiger partial charge in [-0.2, -0.15) is 0 Å². The first-order chi connectivity index (χ1) is 13.4. The number of fused-ring (bicyclic) bond motifs is 1. The number of carbonyl (C=O) groups excluding carboxylic acids is 2. The summed E-state index contributed by atoms with van der Waals surface area (Å²) in [7, 11) is 0. The SMILES string of the molecule is CC(=O)N1C[C@H]2CN(C(=O)c3c(O)cccc3O)C[C@H]2[C@@H]1c1ccccc1C. The van der Waals surface area contributed by atoms with Gasteiger partial charge >= 0.3 is 0 Å². The molecule has 4 rings (SSSR count). The van der Waals surface area contributed by atoms with Crippen LogP contribution in [0.4, 0.5) is 0 Å². The highest BCUT2D eigenvalue weighted by molar-refractivity contribution is 5.99. The Balaban J connectivity index is 1.64. The van der Waals surface area contributed by atoms with Crippen LogP contribution in [0.5, 0.6) is 11.5 Å². The van der Waals surface area contributed by atoms with Gasteiger partial charge in [0.05, 0.1) is 6.04 Å². The van der Waals surface area contributed by atoms with E-state index in [1.165, 1.54) is 18.2 Å². The van der Waals surface area contributed by atoms with Crippen molar-refractivity contribution in [3.05, 3.63) is 59.2 Å². The first-order valence-corrected chi connectivity index (χ1v) is 9.51. The van der Waals surface area contributed by atoms with E-state index in [2.05, 4.69) is 6.07 Å². The van der Waals surface area contributed by atoms with E-state index < -0.39 is 0 Å². The highest BCUT2D eigenvalue weighted by Gasteiger charge is 2.50. The fraction of sp³-hybridized carbons (Fsp3) is 0.364. The second-order valence-corrected chi connectivity index (χ2v) is 7.78. The largest absolute Gasteiger partial charge is 0.507 e. The average molecular weight is 380 g/mol. The number of amides is 2. The first kappa shape index (κ1) is 18.3. The first-order valence-electron chi connectivity index (χ1n) is 9.51. The van der Waals surface area contributed by atoms with Gasteiger partial charge in [0.2, 0.25) is 5.91 Å². The molecule has 0 bridgehead atoms. The fourth-order valence-corrected chi connectivity index (χ4v) is 4.76. The molecule has 28 heavy (non-hydrogen) atoms. The van der Waals surface area contributed by atoms with Crippen molar-refractivity contribution in [3.63, 3.8) is 0 Å². The molecular formula is C22H24N2O4. The molecule has 0 spiro atoms. The van der Waals surface area contributed by atoms with Crippen molar-refractivity contribution < 1.29 is 19.8 Å². The lowest BCUT2D eigenvalue weighted by molar-refractivity contribution is -0.130. The normalized spacial score (nSPS) is 23.7. The van der Waals surface area contributed by atoms with E-state index in [1.54, 1.807) is 11.8 Å². The molecule has 0 radical (unpaired) electrons. The summed E-state index contributed by atoms with van der Waals surface area (Å²) in [5.41, 5.74) is 2.19. The molecule has 2 aromatic carbocycles. The molecule has 2 fully saturated rings. The smallest absolute Gasteiger partial charge is 0.261 e. The highest BCUT2D eigenvalue weighted by atomic mass is 16.3.